The fourth-order valence-corrected chi connectivity index (χ4v) is 3.86. The number of nitrogens with two attached hydrogens (primary N) is 1. The summed E-state index contributed by atoms with van der Waals surface area (Å²) in [5, 5.41) is 41.1. The number of nitrogens with one attached hydrogen (secondary N) is 2. The van der Waals surface area contributed by atoms with Crippen molar-refractivity contribution in [2.24, 2.45) is 0 Å². The second-order valence-electron chi connectivity index (χ2n) is 5.11. The number of anilines is 1. The highest BCUT2D eigenvalue weighted by atomic mass is 127. The predicted octanol–water partition coefficient (Wildman–Crippen LogP) is -1.36. The van der Waals surface area contributed by atoms with Crippen LogP contribution in [0.4, 0.5) is 5.69 Å². The summed E-state index contributed by atoms with van der Waals surface area (Å²) in [4.78, 5) is 24.6. The van der Waals surface area contributed by atoms with Crippen LogP contribution in [-0.2, 0) is 0 Å². The van der Waals surface area contributed by atoms with E-state index in [1.54, 1.807) is 0 Å². The summed E-state index contributed by atoms with van der Waals surface area (Å²) >= 11 is 3.72. The molecular weight excluding hydrogens is 560 g/mol. The van der Waals surface area contributed by atoms with Gasteiger partial charge in [-0.3, -0.25) is 9.59 Å². The van der Waals surface area contributed by atoms with E-state index >= 15 is 0 Å². The topological polar surface area (TPSA) is 165 Å². The second-order valence-corrected chi connectivity index (χ2v) is 7.27. The van der Waals surface area contributed by atoms with Gasteiger partial charge in [0.05, 0.1) is 36.5 Å². The molecule has 2 atom stereocenters. The van der Waals surface area contributed by atoms with Gasteiger partial charge in [-0.15, -0.1) is 0 Å². The first kappa shape index (κ1) is 22.3. The van der Waals surface area contributed by atoms with Crippen LogP contribution in [0.5, 0.6) is 0 Å². The third kappa shape index (κ3) is 6.18. The number of hydrogen-bond acceptors (Lipinski definition) is 7. The standard InChI is InChI=1S/C14H19I2N3O6/c15-11-8(13(24)18-2-6(22)4-20)1-9(17)12(16)10(11)14(25)19-3-7(23)5-21/h1,6-7,20-23H,2-5,17H2,(H,18,24)(H,19,25). The maximum Gasteiger partial charge on any atom is 0.253 e. The average molecular weight is 579 g/mol. The van der Waals surface area contributed by atoms with E-state index in [0.717, 1.165) is 0 Å². The summed E-state index contributed by atoms with van der Waals surface area (Å²) in [6, 6.07) is 1.42. The van der Waals surface area contributed by atoms with Gasteiger partial charge in [0.25, 0.3) is 11.8 Å². The van der Waals surface area contributed by atoms with Crippen LogP contribution >= 0.6 is 45.2 Å². The first-order valence-corrected chi connectivity index (χ1v) is 9.30. The number of rotatable bonds is 8. The van der Waals surface area contributed by atoms with Gasteiger partial charge in [-0.25, -0.2) is 0 Å². The number of amides is 2. The van der Waals surface area contributed by atoms with Gasteiger partial charge < -0.3 is 36.8 Å². The van der Waals surface area contributed by atoms with Gasteiger partial charge in [-0.05, 0) is 51.2 Å². The molecule has 25 heavy (non-hydrogen) atoms. The number of aliphatic hydroxyl groups excluding tert-OH is 4. The first-order chi connectivity index (χ1) is 11.7. The average Bonchev–Trinajstić information content (AvgIpc) is 2.60. The monoisotopic (exact) mass is 579 g/mol. The van der Waals surface area contributed by atoms with Crippen LogP contribution < -0.4 is 16.4 Å². The Morgan fingerprint density at radius 1 is 1.00 bits per heavy atom. The molecule has 140 valence electrons. The Hall–Kier alpha value is -0.740. The third-order valence-corrected chi connectivity index (χ3v) is 5.40. The molecule has 2 unspecified atom stereocenters. The van der Waals surface area contributed by atoms with Crippen molar-refractivity contribution < 1.29 is 30.0 Å². The zero-order chi connectivity index (χ0) is 19.1. The van der Waals surface area contributed by atoms with E-state index in [4.69, 9.17) is 15.9 Å². The minimum Gasteiger partial charge on any atom is -0.398 e. The lowest BCUT2D eigenvalue weighted by atomic mass is 10.1. The Morgan fingerprint density at radius 3 is 1.96 bits per heavy atom. The molecule has 0 aliphatic heterocycles. The normalized spacial score (nSPS) is 13.2. The fraction of sp³-hybridized carbons (Fsp3) is 0.429. The number of nitrogen functional groups attached to an aromatic ring is 1. The maximum atomic E-state index is 12.4. The number of carbonyl (C=O) groups excluding carboxylic acids is 2. The van der Waals surface area contributed by atoms with Crippen molar-refractivity contribution in [2.45, 2.75) is 12.2 Å². The summed E-state index contributed by atoms with van der Waals surface area (Å²) in [6.45, 7) is -1.29. The molecular formula is C14H19I2N3O6. The highest BCUT2D eigenvalue weighted by Gasteiger charge is 2.23. The third-order valence-electron chi connectivity index (χ3n) is 3.12. The van der Waals surface area contributed by atoms with Gasteiger partial charge >= 0.3 is 0 Å². The lowest BCUT2D eigenvalue weighted by Gasteiger charge is -2.16. The zero-order valence-corrected chi connectivity index (χ0v) is 17.3. The van der Waals surface area contributed by atoms with Crippen molar-refractivity contribution >= 4 is 62.7 Å². The number of hydrogen-bond donors (Lipinski definition) is 7. The zero-order valence-electron chi connectivity index (χ0n) is 13.0. The van der Waals surface area contributed by atoms with Gasteiger partial charge in [0.15, 0.2) is 0 Å². The van der Waals surface area contributed by atoms with Crippen LogP contribution in [-0.4, -0.2) is 70.8 Å². The molecule has 9 nitrogen and oxygen atoms in total. The maximum absolute atomic E-state index is 12.4. The van der Waals surface area contributed by atoms with E-state index in [9.17, 15) is 19.8 Å². The molecule has 0 radical (unpaired) electrons. The van der Waals surface area contributed by atoms with Gasteiger partial charge in [-0.1, -0.05) is 0 Å². The minimum absolute atomic E-state index is 0.150. The largest absolute Gasteiger partial charge is 0.398 e. The van der Waals surface area contributed by atoms with E-state index < -0.39 is 37.2 Å². The number of aliphatic hydroxyl groups is 4. The Labute approximate surface area is 171 Å². The molecule has 1 rings (SSSR count). The van der Waals surface area contributed by atoms with E-state index in [1.165, 1.54) is 6.07 Å². The smallest absolute Gasteiger partial charge is 0.253 e. The van der Waals surface area contributed by atoms with Crippen LogP contribution in [0.3, 0.4) is 0 Å². The highest BCUT2D eigenvalue weighted by Crippen LogP contribution is 2.28. The second kappa shape index (κ2) is 10.4. The van der Waals surface area contributed by atoms with Crippen molar-refractivity contribution in [1.82, 2.24) is 10.6 Å². The molecule has 0 saturated heterocycles. The Balaban J connectivity index is 3.08. The van der Waals surface area contributed by atoms with E-state index in [2.05, 4.69) is 10.6 Å². The molecule has 0 aliphatic carbocycles. The van der Waals surface area contributed by atoms with Gasteiger partial charge in [0.1, 0.15) is 0 Å². The SMILES string of the molecule is Nc1cc(C(=O)NCC(O)CO)c(I)c(C(=O)NCC(O)CO)c1I. The fourth-order valence-electron chi connectivity index (χ4n) is 1.76. The van der Waals surface area contributed by atoms with Crippen molar-refractivity contribution in [3.05, 3.63) is 24.3 Å². The van der Waals surface area contributed by atoms with E-state index in [-0.39, 0.29) is 29.9 Å². The molecule has 0 fully saturated rings. The molecule has 0 bridgehead atoms. The van der Waals surface area contributed by atoms with Crippen molar-refractivity contribution in [3.63, 3.8) is 0 Å². The first-order valence-electron chi connectivity index (χ1n) is 7.14. The molecule has 0 spiro atoms. The highest BCUT2D eigenvalue weighted by molar-refractivity contribution is 14.1. The summed E-state index contributed by atoms with van der Waals surface area (Å²) < 4.78 is 0.799. The van der Waals surface area contributed by atoms with Crippen LogP contribution in [0.15, 0.2) is 6.07 Å². The number of halogens is 2. The molecule has 8 N–H and O–H groups in total. The van der Waals surface area contributed by atoms with Crippen molar-refractivity contribution in [1.29, 1.82) is 0 Å². The van der Waals surface area contributed by atoms with E-state index in [0.29, 0.717) is 7.14 Å². The van der Waals surface area contributed by atoms with Crippen LogP contribution in [0.25, 0.3) is 0 Å². The Bertz CT molecular complexity index is 643. The number of benzene rings is 1. The molecule has 2 amide bonds. The van der Waals surface area contributed by atoms with Gasteiger partial charge in [0, 0.05) is 25.9 Å². The Kier molecular flexibility index (Phi) is 9.29. The van der Waals surface area contributed by atoms with Crippen LogP contribution in [0, 0.1) is 7.14 Å². The minimum atomic E-state index is -1.09. The summed E-state index contributed by atoms with van der Waals surface area (Å²) in [7, 11) is 0. The van der Waals surface area contributed by atoms with Gasteiger partial charge in [0.2, 0.25) is 0 Å². The number of carbonyl (C=O) groups is 2. The lowest BCUT2D eigenvalue weighted by molar-refractivity contribution is 0.0798. The molecule has 0 saturated carbocycles. The van der Waals surface area contributed by atoms with Crippen molar-refractivity contribution in [3.8, 4) is 0 Å². The Morgan fingerprint density at radius 2 is 1.48 bits per heavy atom. The molecule has 0 heterocycles. The predicted molar refractivity (Wildman–Crippen MR) is 107 cm³/mol. The van der Waals surface area contributed by atoms with Crippen LogP contribution in [0.1, 0.15) is 20.7 Å². The van der Waals surface area contributed by atoms with E-state index in [1.807, 2.05) is 45.2 Å². The molecule has 11 heteroatoms. The summed E-state index contributed by atoms with van der Waals surface area (Å²) in [5.74, 6) is -1.09. The molecule has 1 aromatic rings. The molecule has 1 aromatic carbocycles. The molecule has 0 aliphatic rings. The molecule has 0 aromatic heterocycles. The van der Waals surface area contributed by atoms with Crippen LogP contribution in [0.2, 0.25) is 0 Å². The summed E-state index contributed by atoms with van der Waals surface area (Å²) in [6.07, 6.45) is -2.19. The lowest BCUT2D eigenvalue weighted by Crippen LogP contribution is -2.36. The summed E-state index contributed by atoms with van der Waals surface area (Å²) in [5.41, 5.74) is 6.43. The quantitative estimate of drug-likeness (QED) is 0.148. The van der Waals surface area contributed by atoms with Gasteiger partial charge in [-0.2, -0.15) is 0 Å². The van der Waals surface area contributed by atoms with Crippen molar-refractivity contribution in [2.75, 3.05) is 32.0 Å².